The Kier molecular flexibility index (Phi) is 4.19. The molecule has 6 heteroatoms. The van der Waals surface area contributed by atoms with E-state index in [9.17, 15) is 13.6 Å². The third-order valence-corrected chi connectivity index (χ3v) is 1.95. The highest BCUT2D eigenvalue weighted by molar-refractivity contribution is 5.73. The number of halogens is 2. The molecule has 0 unspecified atom stereocenters. The van der Waals surface area contributed by atoms with E-state index in [1.165, 1.54) is 7.05 Å². The van der Waals surface area contributed by atoms with Crippen molar-refractivity contribution in [3.05, 3.63) is 29.8 Å². The summed E-state index contributed by atoms with van der Waals surface area (Å²) in [6.07, 6.45) is 0. The van der Waals surface area contributed by atoms with E-state index in [2.05, 4.69) is 5.32 Å². The number of nitrogens with one attached hydrogen (secondary N) is 1. The van der Waals surface area contributed by atoms with Crippen LogP contribution in [0.15, 0.2) is 18.2 Å². The topological polar surface area (TPSA) is 58.6 Å². The van der Waals surface area contributed by atoms with E-state index >= 15 is 0 Å². The van der Waals surface area contributed by atoms with Crippen LogP contribution in [0, 0.1) is 11.6 Å². The Morgan fingerprint density at radius 1 is 1.56 bits per heavy atom. The van der Waals surface area contributed by atoms with Gasteiger partial charge in [-0.1, -0.05) is 0 Å². The molecule has 0 aliphatic carbocycles. The fourth-order valence-electron chi connectivity index (χ4n) is 1.04. The van der Waals surface area contributed by atoms with Gasteiger partial charge in [0, 0.05) is 6.07 Å². The molecule has 0 aromatic heterocycles. The molecule has 0 spiro atoms. The van der Waals surface area contributed by atoms with Crippen molar-refractivity contribution in [1.29, 1.82) is 0 Å². The second-order valence-electron chi connectivity index (χ2n) is 3.07. The van der Waals surface area contributed by atoms with Gasteiger partial charge in [-0.05, 0) is 19.2 Å². The second kappa shape index (κ2) is 5.41. The Morgan fingerprint density at radius 3 is 2.75 bits per heavy atom. The molecule has 0 bridgehead atoms. The Morgan fingerprint density at radius 2 is 2.25 bits per heavy atom. The fourth-order valence-corrected chi connectivity index (χ4v) is 1.04. The maximum atomic E-state index is 13.1. The number of benzene rings is 1. The van der Waals surface area contributed by atoms with E-state index in [4.69, 9.17) is 9.84 Å². The van der Waals surface area contributed by atoms with Crippen molar-refractivity contribution in [2.75, 3.05) is 13.7 Å². The summed E-state index contributed by atoms with van der Waals surface area (Å²) in [4.78, 5) is 10.6. The first-order valence-electron chi connectivity index (χ1n) is 4.52. The number of ether oxygens (including phenoxy) is 1. The van der Waals surface area contributed by atoms with Gasteiger partial charge < -0.3 is 15.2 Å². The molecule has 1 aromatic rings. The highest BCUT2D eigenvalue weighted by Crippen LogP contribution is 2.17. The number of carboxylic acid groups (broad SMARTS) is 1. The van der Waals surface area contributed by atoms with Crippen LogP contribution in [-0.2, 0) is 4.79 Å². The van der Waals surface area contributed by atoms with Crippen LogP contribution in [0.25, 0.3) is 0 Å². The predicted octanol–water partition coefficient (Wildman–Crippen LogP) is 1.02. The van der Waals surface area contributed by atoms with Crippen molar-refractivity contribution in [1.82, 2.24) is 5.32 Å². The van der Waals surface area contributed by atoms with Crippen molar-refractivity contribution in [3.8, 4) is 5.75 Å². The number of rotatable bonds is 5. The van der Waals surface area contributed by atoms with Gasteiger partial charge in [-0.3, -0.25) is 4.79 Å². The molecule has 0 radical (unpaired) electrons. The number of likely N-dealkylation sites (N-methyl/N-ethyl adjacent to an activating group) is 1. The van der Waals surface area contributed by atoms with Gasteiger partial charge >= 0.3 is 5.97 Å². The molecule has 0 fully saturated rings. The van der Waals surface area contributed by atoms with E-state index in [1.807, 2.05) is 0 Å². The molecular weight excluding hydrogens is 220 g/mol. The van der Waals surface area contributed by atoms with E-state index in [0.717, 1.165) is 12.1 Å². The van der Waals surface area contributed by atoms with E-state index in [1.54, 1.807) is 0 Å². The van der Waals surface area contributed by atoms with Gasteiger partial charge in [-0.15, -0.1) is 0 Å². The van der Waals surface area contributed by atoms with Crippen LogP contribution in [0.1, 0.15) is 0 Å². The van der Waals surface area contributed by atoms with E-state index in [-0.39, 0.29) is 12.4 Å². The van der Waals surface area contributed by atoms with Crippen molar-refractivity contribution in [3.63, 3.8) is 0 Å². The van der Waals surface area contributed by atoms with Crippen molar-refractivity contribution < 1.29 is 23.4 Å². The fraction of sp³-hybridized carbons (Fsp3) is 0.300. The van der Waals surface area contributed by atoms with Crippen molar-refractivity contribution >= 4 is 5.97 Å². The maximum absolute atomic E-state index is 13.1. The predicted molar refractivity (Wildman–Crippen MR) is 52.3 cm³/mol. The smallest absolute Gasteiger partial charge is 0.324 e. The SMILES string of the molecule is CN[C@@H](COc1ccc(F)cc1F)C(=O)O. The molecule has 4 nitrogen and oxygen atoms in total. The second-order valence-corrected chi connectivity index (χ2v) is 3.07. The summed E-state index contributed by atoms with van der Waals surface area (Å²) < 4.78 is 30.5. The number of carbonyl (C=O) groups is 1. The first-order valence-corrected chi connectivity index (χ1v) is 4.52. The summed E-state index contributed by atoms with van der Waals surface area (Å²) in [5.74, 6) is -2.86. The van der Waals surface area contributed by atoms with Crippen LogP contribution in [0.3, 0.4) is 0 Å². The summed E-state index contributed by atoms with van der Waals surface area (Å²) in [7, 11) is 1.45. The largest absolute Gasteiger partial charge is 0.488 e. The third-order valence-electron chi connectivity index (χ3n) is 1.95. The number of carboxylic acids is 1. The van der Waals surface area contributed by atoms with Gasteiger partial charge in [0.15, 0.2) is 11.6 Å². The first-order chi connectivity index (χ1) is 7.54. The highest BCUT2D eigenvalue weighted by Gasteiger charge is 2.16. The minimum atomic E-state index is -1.11. The van der Waals surface area contributed by atoms with Crippen LogP contribution in [0.4, 0.5) is 8.78 Å². The summed E-state index contributed by atoms with van der Waals surface area (Å²) in [6.45, 7) is -0.242. The van der Waals surface area contributed by atoms with Crippen LogP contribution < -0.4 is 10.1 Å². The third kappa shape index (κ3) is 3.16. The van der Waals surface area contributed by atoms with Gasteiger partial charge in [0.25, 0.3) is 0 Å². The highest BCUT2D eigenvalue weighted by atomic mass is 19.1. The average molecular weight is 231 g/mol. The lowest BCUT2D eigenvalue weighted by Gasteiger charge is -2.12. The summed E-state index contributed by atoms with van der Waals surface area (Å²) >= 11 is 0. The van der Waals surface area contributed by atoms with Crippen LogP contribution in [0.2, 0.25) is 0 Å². The zero-order chi connectivity index (χ0) is 12.1. The Hall–Kier alpha value is -1.69. The van der Waals surface area contributed by atoms with Gasteiger partial charge in [0.05, 0.1) is 0 Å². The van der Waals surface area contributed by atoms with Gasteiger partial charge in [-0.25, -0.2) is 8.78 Å². The van der Waals surface area contributed by atoms with Gasteiger partial charge in [0.2, 0.25) is 0 Å². The van der Waals surface area contributed by atoms with Gasteiger partial charge in [0.1, 0.15) is 18.5 Å². The quantitative estimate of drug-likeness (QED) is 0.794. The number of aliphatic carboxylic acids is 1. The van der Waals surface area contributed by atoms with E-state index < -0.39 is 23.6 Å². The molecule has 88 valence electrons. The molecule has 16 heavy (non-hydrogen) atoms. The Balaban J connectivity index is 2.63. The van der Waals surface area contributed by atoms with E-state index in [0.29, 0.717) is 6.07 Å². The summed E-state index contributed by atoms with van der Waals surface area (Å²) in [5.41, 5.74) is 0. The van der Waals surface area contributed by atoms with Crippen LogP contribution >= 0.6 is 0 Å². The molecule has 0 aliphatic rings. The normalized spacial score (nSPS) is 12.2. The first kappa shape index (κ1) is 12.4. The molecule has 0 aliphatic heterocycles. The lowest BCUT2D eigenvalue weighted by molar-refractivity contribution is -0.140. The average Bonchev–Trinajstić information content (AvgIpc) is 2.21. The molecule has 1 atom stereocenters. The number of hydrogen-bond acceptors (Lipinski definition) is 3. The van der Waals surface area contributed by atoms with Crippen molar-refractivity contribution in [2.45, 2.75) is 6.04 Å². The molecule has 0 amide bonds. The standard InChI is InChI=1S/C10H11F2NO3/c1-13-8(10(14)15)5-16-9-3-2-6(11)4-7(9)12/h2-4,8,13H,5H2,1H3,(H,14,15)/t8-/m0/s1. The zero-order valence-electron chi connectivity index (χ0n) is 8.54. The molecule has 1 rings (SSSR count). The minimum Gasteiger partial charge on any atom is -0.488 e. The molecule has 2 N–H and O–H groups in total. The van der Waals surface area contributed by atoms with Gasteiger partial charge in [-0.2, -0.15) is 0 Å². The Bertz CT molecular complexity index is 384. The monoisotopic (exact) mass is 231 g/mol. The zero-order valence-corrected chi connectivity index (χ0v) is 8.54. The summed E-state index contributed by atoms with van der Waals surface area (Å²) in [6, 6.07) is 1.88. The maximum Gasteiger partial charge on any atom is 0.324 e. The minimum absolute atomic E-state index is 0.178. The van der Waals surface area contributed by atoms with Crippen LogP contribution in [0.5, 0.6) is 5.75 Å². The molecule has 0 saturated heterocycles. The molecule has 0 saturated carbocycles. The molecular formula is C10H11F2NO3. The number of hydrogen-bond donors (Lipinski definition) is 2. The lowest BCUT2D eigenvalue weighted by Crippen LogP contribution is -2.39. The molecule has 1 aromatic carbocycles. The van der Waals surface area contributed by atoms with Crippen molar-refractivity contribution in [2.24, 2.45) is 0 Å². The molecule has 0 heterocycles. The Labute approximate surface area is 90.8 Å². The van der Waals surface area contributed by atoms with Crippen LogP contribution in [-0.4, -0.2) is 30.8 Å². The summed E-state index contributed by atoms with van der Waals surface area (Å²) in [5, 5.41) is 11.1. The lowest BCUT2D eigenvalue weighted by atomic mass is 10.3.